The van der Waals surface area contributed by atoms with Crippen LogP contribution in [0.2, 0.25) is 5.02 Å². The van der Waals surface area contributed by atoms with Crippen LogP contribution in [0.25, 0.3) is 0 Å². The van der Waals surface area contributed by atoms with E-state index in [1.807, 2.05) is 12.1 Å². The molecule has 2 aromatic rings. The number of piperidine rings is 1. The van der Waals surface area contributed by atoms with Crippen molar-refractivity contribution >= 4 is 28.8 Å². The van der Waals surface area contributed by atoms with E-state index in [1.54, 1.807) is 17.5 Å². The minimum Gasteiger partial charge on any atom is -0.486 e. The number of aromatic nitrogens is 1. The second-order valence-corrected chi connectivity index (χ2v) is 8.19. The number of carbonyl (C=O) groups excluding carboxylic acids is 1. The van der Waals surface area contributed by atoms with Crippen LogP contribution >= 0.6 is 22.9 Å². The van der Waals surface area contributed by atoms with Gasteiger partial charge in [0.25, 0.3) is 5.91 Å². The van der Waals surface area contributed by atoms with Gasteiger partial charge < -0.3 is 15.0 Å². The van der Waals surface area contributed by atoms with Gasteiger partial charge in [-0.25, -0.2) is 4.98 Å². The van der Waals surface area contributed by atoms with E-state index < -0.39 is 0 Å². The second kappa shape index (κ2) is 10.1. The number of hydrogen-bond acceptors (Lipinski definition) is 5. The molecule has 1 N–H and O–H groups in total. The van der Waals surface area contributed by atoms with Crippen molar-refractivity contribution in [3.63, 3.8) is 0 Å². The largest absolute Gasteiger partial charge is 0.486 e. The average Bonchev–Trinajstić information content (AvgIpc) is 3.16. The molecule has 5 nitrogen and oxygen atoms in total. The normalized spacial score (nSPS) is 15.6. The van der Waals surface area contributed by atoms with Crippen LogP contribution in [0.4, 0.5) is 0 Å². The molecule has 1 amide bonds. The number of nitrogens with zero attached hydrogens (tertiary/aromatic N) is 2. The van der Waals surface area contributed by atoms with E-state index in [-0.39, 0.29) is 11.9 Å². The van der Waals surface area contributed by atoms with Crippen LogP contribution in [0.3, 0.4) is 0 Å². The van der Waals surface area contributed by atoms with Gasteiger partial charge in [-0.2, -0.15) is 0 Å². The predicted molar refractivity (Wildman–Crippen MR) is 110 cm³/mol. The summed E-state index contributed by atoms with van der Waals surface area (Å²) in [6.07, 6.45) is 4.49. The predicted octanol–water partition coefficient (Wildman–Crippen LogP) is 4.37. The fourth-order valence-corrected chi connectivity index (χ4v) is 3.91. The van der Waals surface area contributed by atoms with Gasteiger partial charge in [0.15, 0.2) is 0 Å². The minimum atomic E-state index is -0.0870. The third kappa shape index (κ3) is 6.19. The van der Waals surface area contributed by atoms with Crippen molar-refractivity contribution in [1.29, 1.82) is 0 Å². The Morgan fingerprint density at radius 3 is 2.78 bits per heavy atom. The van der Waals surface area contributed by atoms with Crippen LogP contribution in [0.1, 0.15) is 48.1 Å². The van der Waals surface area contributed by atoms with Gasteiger partial charge in [0.05, 0.1) is 0 Å². The van der Waals surface area contributed by atoms with Crippen molar-refractivity contribution in [3.05, 3.63) is 45.4 Å². The Hall–Kier alpha value is -1.63. The number of carbonyl (C=O) groups is 1. The van der Waals surface area contributed by atoms with Crippen LogP contribution in [0, 0.1) is 0 Å². The Morgan fingerprint density at radius 1 is 1.33 bits per heavy atom. The molecule has 27 heavy (non-hydrogen) atoms. The number of amides is 1. The molecule has 1 aliphatic heterocycles. The van der Waals surface area contributed by atoms with Crippen molar-refractivity contribution < 1.29 is 9.53 Å². The van der Waals surface area contributed by atoms with Gasteiger partial charge in [0, 0.05) is 29.5 Å². The number of nitrogens with one attached hydrogen (secondary N) is 1. The molecule has 0 radical (unpaired) electrons. The number of thiazole rings is 1. The highest BCUT2D eigenvalue weighted by atomic mass is 35.5. The Morgan fingerprint density at radius 2 is 2.07 bits per heavy atom. The van der Waals surface area contributed by atoms with Crippen LogP contribution in [0.5, 0.6) is 5.75 Å². The topological polar surface area (TPSA) is 54.5 Å². The van der Waals surface area contributed by atoms with Crippen molar-refractivity contribution in [1.82, 2.24) is 15.2 Å². The fourth-order valence-electron chi connectivity index (χ4n) is 3.10. The summed E-state index contributed by atoms with van der Waals surface area (Å²) in [5.41, 5.74) is 0.475. The van der Waals surface area contributed by atoms with Crippen LogP contribution in [0.15, 0.2) is 29.6 Å². The Balaban J connectivity index is 1.44. The van der Waals surface area contributed by atoms with E-state index in [9.17, 15) is 4.79 Å². The standard InChI is InChI=1S/C20H26ClN3O2S/c1-2-3-10-24-11-8-16(9-12-24)22-20(25)18-14-27-19(23-18)13-26-17-6-4-15(21)5-7-17/h4-7,14,16H,2-3,8-13H2,1H3,(H,22,25). The maximum Gasteiger partial charge on any atom is 0.270 e. The molecule has 2 heterocycles. The first kappa shape index (κ1) is 20.1. The van der Waals surface area contributed by atoms with Crippen molar-refractivity contribution in [2.24, 2.45) is 0 Å². The molecular weight excluding hydrogens is 382 g/mol. The van der Waals surface area contributed by atoms with E-state index in [0.29, 0.717) is 17.3 Å². The molecule has 7 heteroatoms. The van der Waals surface area contributed by atoms with E-state index in [4.69, 9.17) is 16.3 Å². The fraction of sp³-hybridized carbons (Fsp3) is 0.500. The number of hydrogen-bond donors (Lipinski definition) is 1. The smallest absolute Gasteiger partial charge is 0.270 e. The first-order chi connectivity index (χ1) is 13.1. The zero-order valence-electron chi connectivity index (χ0n) is 15.6. The molecule has 0 aliphatic carbocycles. The quantitative estimate of drug-likeness (QED) is 0.705. The molecule has 0 atom stereocenters. The number of benzene rings is 1. The summed E-state index contributed by atoms with van der Waals surface area (Å²) in [5.74, 6) is 0.645. The second-order valence-electron chi connectivity index (χ2n) is 6.81. The van der Waals surface area contributed by atoms with Crippen molar-refractivity contribution in [2.75, 3.05) is 19.6 Å². The summed E-state index contributed by atoms with van der Waals surface area (Å²) in [7, 11) is 0. The van der Waals surface area contributed by atoms with E-state index in [1.165, 1.54) is 30.7 Å². The van der Waals surface area contributed by atoms with Crippen LogP contribution in [-0.4, -0.2) is 41.5 Å². The Labute approximate surface area is 169 Å². The molecule has 0 spiro atoms. The number of ether oxygens (including phenoxy) is 1. The lowest BCUT2D eigenvalue weighted by Gasteiger charge is -2.32. The SMILES string of the molecule is CCCCN1CCC(NC(=O)c2csc(COc3ccc(Cl)cc3)n2)CC1. The summed E-state index contributed by atoms with van der Waals surface area (Å²) in [4.78, 5) is 19.4. The highest BCUT2D eigenvalue weighted by molar-refractivity contribution is 7.09. The zero-order chi connectivity index (χ0) is 19.1. The summed E-state index contributed by atoms with van der Waals surface area (Å²) < 4.78 is 5.69. The highest BCUT2D eigenvalue weighted by Gasteiger charge is 2.21. The van der Waals surface area contributed by atoms with Gasteiger partial charge in [-0.15, -0.1) is 11.3 Å². The van der Waals surface area contributed by atoms with Crippen molar-refractivity contribution in [3.8, 4) is 5.75 Å². The molecule has 146 valence electrons. The molecule has 1 aliphatic rings. The summed E-state index contributed by atoms with van der Waals surface area (Å²) in [6, 6.07) is 7.44. The van der Waals surface area contributed by atoms with Gasteiger partial charge in [-0.1, -0.05) is 24.9 Å². The number of likely N-dealkylation sites (tertiary alicyclic amines) is 1. The minimum absolute atomic E-state index is 0.0870. The van der Waals surface area contributed by atoms with E-state index >= 15 is 0 Å². The van der Waals surface area contributed by atoms with Crippen LogP contribution in [-0.2, 0) is 6.61 Å². The van der Waals surface area contributed by atoms with E-state index in [2.05, 4.69) is 22.1 Å². The lowest BCUT2D eigenvalue weighted by Crippen LogP contribution is -2.44. The monoisotopic (exact) mass is 407 g/mol. The summed E-state index contributed by atoms with van der Waals surface area (Å²) in [5, 5.41) is 6.38. The summed E-state index contributed by atoms with van der Waals surface area (Å²) in [6.45, 7) is 5.84. The summed E-state index contributed by atoms with van der Waals surface area (Å²) >= 11 is 7.30. The number of rotatable bonds is 8. The molecule has 0 bridgehead atoms. The number of unbranched alkanes of at least 4 members (excludes halogenated alkanes) is 1. The average molecular weight is 408 g/mol. The highest BCUT2D eigenvalue weighted by Crippen LogP contribution is 2.19. The molecule has 1 saturated heterocycles. The molecule has 0 saturated carbocycles. The zero-order valence-corrected chi connectivity index (χ0v) is 17.2. The van der Waals surface area contributed by atoms with Gasteiger partial charge >= 0.3 is 0 Å². The van der Waals surface area contributed by atoms with Gasteiger partial charge in [-0.3, -0.25) is 4.79 Å². The van der Waals surface area contributed by atoms with Gasteiger partial charge in [0.2, 0.25) is 0 Å². The third-order valence-electron chi connectivity index (χ3n) is 4.71. The molecule has 1 aromatic heterocycles. The van der Waals surface area contributed by atoms with Crippen molar-refractivity contribution in [2.45, 2.75) is 45.3 Å². The Kier molecular flexibility index (Phi) is 7.50. The lowest BCUT2D eigenvalue weighted by molar-refractivity contribution is 0.0906. The van der Waals surface area contributed by atoms with Gasteiger partial charge in [-0.05, 0) is 50.1 Å². The number of halogens is 1. The molecular formula is C20H26ClN3O2S. The Bertz CT molecular complexity index is 727. The maximum atomic E-state index is 12.5. The molecule has 3 rings (SSSR count). The third-order valence-corrected chi connectivity index (χ3v) is 5.79. The lowest BCUT2D eigenvalue weighted by atomic mass is 10.0. The maximum absolute atomic E-state index is 12.5. The molecule has 1 aromatic carbocycles. The van der Waals surface area contributed by atoms with Gasteiger partial charge in [0.1, 0.15) is 23.1 Å². The van der Waals surface area contributed by atoms with Crippen LogP contribution < -0.4 is 10.1 Å². The molecule has 1 fully saturated rings. The first-order valence-corrected chi connectivity index (χ1v) is 10.8. The first-order valence-electron chi connectivity index (χ1n) is 9.50. The molecule has 0 unspecified atom stereocenters. The van der Waals surface area contributed by atoms with E-state index in [0.717, 1.165) is 36.7 Å².